The Labute approximate surface area is 114 Å². The van der Waals surface area contributed by atoms with E-state index in [4.69, 9.17) is 5.73 Å². The molecule has 0 aromatic heterocycles. The quantitative estimate of drug-likeness (QED) is 0.825. The molecular formula is C16H20N2O. The van der Waals surface area contributed by atoms with Crippen molar-refractivity contribution in [1.29, 1.82) is 0 Å². The van der Waals surface area contributed by atoms with Gasteiger partial charge in [0.1, 0.15) is 0 Å². The van der Waals surface area contributed by atoms with Gasteiger partial charge in [0.25, 0.3) is 0 Å². The Morgan fingerprint density at radius 3 is 2.68 bits per heavy atom. The molecule has 3 atom stereocenters. The molecule has 1 heterocycles. The summed E-state index contributed by atoms with van der Waals surface area (Å²) < 4.78 is 0. The second-order valence-corrected chi connectivity index (χ2v) is 5.49. The van der Waals surface area contributed by atoms with Crippen molar-refractivity contribution >= 4 is 5.91 Å². The van der Waals surface area contributed by atoms with Crippen LogP contribution < -0.4 is 5.73 Å². The molecule has 3 heteroatoms. The van der Waals surface area contributed by atoms with Gasteiger partial charge in [-0.25, -0.2) is 0 Å². The normalized spacial score (nSPS) is 29.9. The highest BCUT2D eigenvalue weighted by Gasteiger charge is 2.34. The molecular weight excluding hydrogens is 236 g/mol. The lowest BCUT2D eigenvalue weighted by Crippen LogP contribution is -2.35. The number of rotatable bonds is 2. The number of likely N-dealkylation sites (tertiary alicyclic amines) is 1. The van der Waals surface area contributed by atoms with Crippen LogP contribution >= 0.6 is 0 Å². The average Bonchev–Trinajstić information content (AvgIpc) is 3.07. The Morgan fingerprint density at radius 1 is 1.21 bits per heavy atom. The molecule has 19 heavy (non-hydrogen) atoms. The number of nitrogens with two attached hydrogens (primary N) is 1. The van der Waals surface area contributed by atoms with Crippen molar-refractivity contribution in [3.05, 3.63) is 48.0 Å². The fourth-order valence-corrected chi connectivity index (χ4v) is 3.18. The lowest BCUT2D eigenvalue weighted by Gasteiger charge is -2.27. The molecule has 0 bridgehead atoms. The average molecular weight is 256 g/mol. The predicted octanol–water partition coefficient (Wildman–Crippen LogP) is 2.25. The molecule has 100 valence electrons. The predicted molar refractivity (Wildman–Crippen MR) is 75.4 cm³/mol. The summed E-state index contributed by atoms with van der Waals surface area (Å²) in [6.07, 6.45) is 6.85. The van der Waals surface area contributed by atoms with Crippen LogP contribution in [-0.2, 0) is 4.79 Å². The fraction of sp³-hybridized carbons (Fsp3) is 0.438. The number of nitrogens with zero attached hydrogens (tertiary/aromatic N) is 1. The zero-order valence-corrected chi connectivity index (χ0v) is 11.0. The van der Waals surface area contributed by atoms with Crippen molar-refractivity contribution in [1.82, 2.24) is 4.90 Å². The summed E-state index contributed by atoms with van der Waals surface area (Å²) in [5.74, 6) is 0.231. The Kier molecular flexibility index (Phi) is 3.38. The van der Waals surface area contributed by atoms with Crippen LogP contribution in [-0.4, -0.2) is 23.4 Å². The van der Waals surface area contributed by atoms with Crippen molar-refractivity contribution in [3.63, 3.8) is 0 Å². The SMILES string of the molecule is NC1C=CC(C(=O)N2CCCC2c2ccccc2)C1. The smallest absolute Gasteiger partial charge is 0.230 e. The number of hydrogen-bond acceptors (Lipinski definition) is 2. The van der Waals surface area contributed by atoms with Gasteiger partial charge in [0.05, 0.1) is 12.0 Å². The minimum absolute atomic E-state index is 0.0145. The molecule has 0 saturated carbocycles. The van der Waals surface area contributed by atoms with Gasteiger partial charge in [0.2, 0.25) is 5.91 Å². The third kappa shape index (κ3) is 2.43. The van der Waals surface area contributed by atoms with Crippen LogP contribution in [0.15, 0.2) is 42.5 Å². The van der Waals surface area contributed by atoms with Gasteiger partial charge in [0.15, 0.2) is 0 Å². The van der Waals surface area contributed by atoms with Crippen LogP contribution in [0.1, 0.15) is 30.9 Å². The van der Waals surface area contributed by atoms with E-state index in [1.807, 2.05) is 35.3 Å². The van der Waals surface area contributed by atoms with Gasteiger partial charge >= 0.3 is 0 Å². The molecule has 2 N–H and O–H groups in total. The standard InChI is InChI=1S/C16H20N2O/c17-14-9-8-13(11-14)16(19)18-10-4-7-15(18)12-5-2-1-3-6-12/h1-3,5-6,8-9,13-15H,4,7,10-11,17H2. The summed E-state index contributed by atoms with van der Waals surface area (Å²) in [7, 11) is 0. The van der Waals surface area contributed by atoms with Crippen LogP contribution in [0.2, 0.25) is 0 Å². The van der Waals surface area contributed by atoms with E-state index in [9.17, 15) is 4.79 Å². The van der Waals surface area contributed by atoms with Gasteiger partial charge in [-0.1, -0.05) is 42.5 Å². The molecule has 0 radical (unpaired) electrons. The van der Waals surface area contributed by atoms with Gasteiger partial charge in [-0.3, -0.25) is 4.79 Å². The monoisotopic (exact) mass is 256 g/mol. The van der Waals surface area contributed by atoms with E-state index in [1.54, 1.807) is 0 Å². The largest absolute Gasteiger partial charge is 0.335 e. The molecule has 0 spiro atoms. The van der Waals surface area contributed by atoms with Crippen molar-refractivity contribution in [2.24, 2.45) is 11.7 Å². The zero-order chi connectivity index (χ0) is 13.2. The number of amides is 1. The van der Waals surface area contributed by atoms with Crippen LogP contribution in [0.25, 0.3) is 0 Å². The lowest BCUT2D eigenvalue weighted by molar-refractivity contribution is -0.135. The number of carbonyl (C=O) groups is 1. The Morgan fingerprint density at radius 2 is 2.00 bits per heavy atom. The van der Waals surface area contributed by atoms with E-state index >= 15 is 0 Å². The van der Waals surface area contributed by atoms with Crippen molar-refractivity contribution in [2.75, 3.05) is 6.54 Å². The summed E-state index contributed by atoms with van der Waals surface area (Å²) in [4.78, 5) is 14.6. The molecule has 3 nitrogen and oxygen atoms in total. The first-order chi connectivity index (χ1) is 9.25. The van der Waals surface area contributed by atoms with Gasteiger partial charge in [-0.05, 0) is 24.8 Å². The van der Waals surface area contributed by atoms with Gasteiger partial charge in [-0.2, -0.15) is 0 Å². The third-order valence-corrected chi connectivity index (χ3v) is 4.15. The van der Waals surface area contributed by atoms with E-state index < -0.39 is 0 Å². The topological polar surface area (TPSA) is 46.3 Å². The van der Waals surface area contributed by atoms with Gasteiger partial charge in [0, 0.05) is 12.6 Å². The van der Waals surface area contributed by atoms with Gasteiger partial charge in [-0.15, -0.1) is 0 Å². The molecule has 1 aliphatic heterocycles. The first-order valence-electron chi connectivity index (χ1n) is 7.05. The van der Waals surface area contributed by atoms with Crippen LogP contribution in [0.5, 0.6) is 0 Å². The minimum Gasteiger partial charge on any atom is -0.335 e. The second-order valence-electron chi connectivity index (χ2n) is 5.49. The van der Waals surface area contributed by atoms with Crippen molar-refractivity contribution < 1.29 is 4.79 Å². The third-order valence-electron chi connectivity index (χ3n) is 4.15. The summed E-state index contributed by atoms with van der Waals surface area (Å²) >= 11 is 0. The van der Waals surface area contributed by atoms with E-state index in [0.29, 0.717) is 0 Å². The molecule has 1 amide bonds. The first kappa shape index (κ1) is 12.4. The Hall–Kier alpha value is -1.61. The fourth-order valence-electron chi connectivity index (χ4n) is 3.18. The molecule has 2 aliphatic rings. The number of hydrogen-bond donors (Lipinski definition) is 1. The Balaban J connectivity index is 1.77. The first-order valence-corrected chi connectivity index (χ1v) is 7.05. The summed E-state index contributed by atoms with van der Waals surface area (Å²) in [5.41, 5.74) is 7.10. The summed E-state index contributed by atoms with van der Waals surface area (Å²) in [6.45, 7) is 0.873. The molecule has 3 rings (SSSR count). The van der Waals surface area contributed by atoms with Crippen LogP contribution in [0, 0.1) is 5.92 Å². The number of benzene rings is 1. The zero-order valence-electron chi connectivity index (χ0n) is 11.0. The highest BCUT2D eigenvalue weighted by Crippen LogP contribution is 2.34. The van der Waals surface area contributed by atoms with E-state index in [2.05, 4.69) is 12.1 Å². The van der Waals surface area contributed by atoms with E-state index in [1.165, 1.54) is 5.56 Å². The summed E-state index contributed by atoms with van der Waals surface area (Å²) in [5, 5.41) is 0. The van der Waals surface area contributed by atoms with Crippen molar-refractivity contribution in [2.45, 2.75) is 31.3 Å². The lowest BCUT2D eigenvalue weighted by atomic mass is 10.0. The molecule has 1 aromatic rings. The summed E-state index contributed by atoms with van der Waals surface area (Å²) in [6, 6.07) is 10.6. The molecule has 1 saturated heterocycles. The maximum absolute atomic E-state index is 12.6. The second kappa shape index (κ2) is 5.17. The minimum atomic E-state index is -0.0145. The van der Waals surface area contributed by atoms with E-state index in [-0.39, 0.29) is 23.9 Å². The molecule has 1 fully saturated rings. The molecule has 3 unspecified atom stereocenters. The van der Waals surface area contributed by atoms with Gasteiger partial charge < -0.3 is 10.6 Å². The maximum Gasteiger partial charge on any atom is 0.230 e. The van der Waals surface area contributed by atoms with E-state index in [0.717, 1.165) is 25.8 Å². The molecule has 1 aromatic carbocycles. The maximum atomic E-state index is 12.6. The Bertz CT molecular complexity index is 483. The van der Waals surface area contributed by atoms with Crippen LogP contribution in [0.4, 0.5) is 0 Å². The highest BCUT2D eigenvalue weighted by atomic mass is 16.2. The van der Waals surface area contributed by atoms with Crippen LogP contribution in [0.3, 0.4) is 0 Å². The highest BCUT2D eigenvalue weighted by molar-refractivity contribution is 5.82. The molecule has 1 aliphatic carbocycles. The number of carbonyl (C=O) groups excluding carboxylic acids is 1. The van der Waals surface area contributed by atoms with Crippen molar-refractivity contribution in [3.8, 4) is 0 Å².